The second-order valence-electron chi connectivity index (χ2n) is 4.40. The molecule has 7 heteroatoms. The number of hydrogen-bond acceptors (Lipinski definition) is 4. The van der Waals surface area contributed by atoms with Crippen molar-refractivity contribution in [1.29, 1.82) is 0 Å². The van der Waals surface area contributed by atoms with Crippen LogP contribution in [0.4, 0.5) is 5.69 Å². The molecule has 0 spiro atoms. The molecule has 1 heterocycles. The number of anilines is 1. The van der Waals surface area contributed by atoms with Gasteiger partial charge in [-0.1, -0.05) is 15.9 Å². The van der Waals surface area contributed by atoms with Crippen LogP contribution in [0.1, 0.15) is 10.7 Å². The van der Waals surface area contributed by atoms with E-state index < -0.39 is 0 Å². The van der Waals surface area contributed by atoms with Crippen LogP contribution in [0.2, 0.25) is 0 Å². The number of thiazole rings is 1. The fourth-order valence-electron chi connectivity index (χ4n) is 1.58. The summed E-state index contributed by atoms with van der Waals surface area (Å²) in [4.78, 5) is 27.5. The number of carbonyl (C=O) groups is 2. The van der Waals surface area contributed by atoms with Gasteiger partial charge in [-0.15, -0.1) is 11.3 Å². The number of benzene rings is 1. The molecule has 2 rings (SSSR count). The molecular formula is C15H14BrN3O2S. The number of aryl methyl sites for hydroxylation is 1. The van der Waals surface area contributed by atoms with Gasteiger partial charge in [-0.25, -0.2) is 4.98 Å². The molecule has 0 radical (unpaired) electrons. The van der Waals surface area contributed by atoms with Gasteiger partial charge in [0.05, 0.1) is 17.2 Å². The zero-order valence-electron chi connectivity index (χ0n) is 11.8. The molecule has 0 aliphatic carbocycles. The maximum absolute atomic E-state index is 11.7. The monoisotopic (exact) mass is 379 g/mol. The maximum atomic E-state index is 11.7. The Morgan fingerprint density at radius 3 is 2.68 bits per heavy atom. The van der Waals surface area contributed by atoms with Crippen LogP contribution in [-0.4, -0.2) is 23.3 Å². The Morgan fingerprint density at radius 2 is 2.05 bits per heavy atom. The van der Waals surface area contributed by atoms with E-state index in [1.165, 1.54) is 17.4 Å². The number of amides is 2. The van der Waals surface area contributed by atoms with E-state index >= 15 is 0 Å². The van der Waals surface area contributed by atoms with E-state index in [4.69, 9.17) is 0 Å². The Kier molecular flexibility index (Phi) is 5.85. The Morgan fingerprint density at radius 1 is 1.32 bits per heavy atom. The van der Waals surface area contributed by atoms with Crippen LogP contribution in [0.25, 0.3) is 6.08 Å². The van der Waals surface area contributed by atoms with E-state index in [0.717, 1.165) is 15.2 Å². The lowest BCUT2D eigenvalue weighted by Gasteiger charge is -2.05. The van der Waals surface area contributed by atoms with Gasteiger partial charge < -0.3 is 10.6 Å². The Hall–Kier alpha value is -1.99. The summed E-state index contributed by atoms with van der Waals surface area (Å²) in [7, 11) is 0. The summed E-state index contributed by atoms with van der Waals surface area (Å²) in [5.74, 6) is -0.620. The number of rotatable bonds is 5. The molecule has 0 unspecified atom stereocenters. The molecule has 2 amide bonds. The lowest BCUT2D eigenvalue weighted by Crippen LogP contribution is -2.31. The highest BCUT2D eigenvalue weighted by molar-refractivity contribution is 9.10. The van der Waals surface area contributed by atoms with Crippen molar-refractivity contribution in [2.24, 2.45) is 0 Å². The SMILES string of the molecule is Cc1nc(/C=C/C(=O)NCC(=O)Nc2ccc(Br)cc2)cs1. The quantitative estimate of drug-likeness (QED) is 0.784. The minimum atomic E-state index is -0.336. The molecule has 1 aromatic heterocycles. The van der Waals surface area contributed by atoms with Crippen molar-refractivity contribution in [3.63, 3.8) is 0 Å². The third-order valence-electron chi connectivity index (χ3n) is 2.59. The summed E-state index contributed by atoms with van der Waals surface area (Å²) < 4.78 is 0.932. The molecule has 0 bridgehead atoms. The number of carbonyl (C=O) groups excluding carboxylic acids is 2. The van der Waals surface area contributed by atoms with E-state index in [2.05, 4.69) is 31.5 Å². The first-order valence-electron chi connectivity index (χ1n) is 6.46. The summed E-state index contributed by atoms with van der Waals surface area (Å²) in [5.41, 5.74) is 1.41. The molecule has 1 aromatic carbocycles. The predicted octanol–water partition coefficient (Wildman–Crippen LogP) is 2.98. The highest BCUT2D eigenvalue weighted by Crippen LogP contribution is 2.13. The van der Waals surface area contributed by atoms with Crippen molar-refractivity contribution < 1.29 is 9.59 Å². The van der Waals surface area contributed by atoms with Gasteiger partial charge in [0.1, 0.15) is 0 Å². The molecule has 22 heavy (non-hydrogen) atoms. The molecule has 0 fully saturated rings. The van der Waals surface area contributed by atoms with Crippen LogP contribution in [0.5, 0.6) is 0 Å². The Balaban J connectivity index is 1.77. The molecular weight excluding hydrogens is 366 g/mol. The van der Waals surface area contributed by atoms with Crippen LogP contribution in [0, 0.1) is 6.92 Å². The van der Waals surface area contributed by atoms with Crippen LogP contribution in [-0.2, 0) is 9.59 Å². The summed E-state index contributed by atoms with van der Waals surface area (Å²) in [6.07, 6.45) is 2.98. The molecule has 0 aliphatic heterocycles. The zero-order chi connectivity index (χ0) is 15.9. The van der Waals surface area contributed by atoms with Crippen LogP contribution >= 0.6 is 27.3 Å². The van der Waals surface area contributed by atoms with E-state index in [1.807, 2.05) is 24.4 Å². The van der Waals surface area contributed by atoms with Gasteiger partial charge in [0.2, 0.25) is 11.8 Å². The van der Waals surface area contributed by atoms with Gasteiger partial charge in [0, 0.05) is 21.6 Å². The smallest absolute Gasteiger partial charge is 0.244 e. The molecule has 0 atom stereocenters. The van der Waals surface area contributed by atoms with E-state index in [1.54, 1.807) is 18.2 Å². The topological polar surface area (TPSA) is 71.1 Å². The Labute approximate surface area is 140 Å². The first-order valence-corrected chi connectivity index (χ1v) is 8.13. The lowest BCUT2D eigenvalue weighted by molar-refractivity contribution is -0.121. The largest absolute Gasteiger partial charge is 0.343 e. The minimum Gasteiger partial charge on any atom is -0.343 e. The number of aromatic nitrogens is 1. The summed E-state index contributed by atoms with van der Waals surface area (Å²) in [6.45, 7) is 1.81. The highest BCUT2D eigenvalue weighted by atomic mass is 79.9. The number of nitrogens with zero attached hydrogens (tertiary/aromatic N) is 1. The lowest BCUT2D eigenvalue weighted by atomic mass is 10.3. The molecule has 2 N–H and O–H groups in total. The normalized spacial score (nSPS) is 10.6. The van der Waals surface area contributed by atoms with Crippen molar-refractivity contribution in [2.75, 3.05) is 11.9 Å². The number of nitrogens with one attached hydrogen (secondary N) is 2. The second-order valence-corrected chi connectivity index (χ2v) is 6.38. The predicted molar refractivity (Wildman–Crippen MR) is 91.7 cm³/mol. The van der Waals surface area contributed by atoms with Crippen molar-refractivity contribution >= 4 is 50.8 Å². The zero-order valence-corrected chi connectivity index (χ0v) is 14.2. The summed E-state index contributed by atoms with van der Waals surface area (Å²) in [6, 6.07) is 7.20. The Bertz CT molecular complexity index is 695. The van der Waals surface area contributed by atoms with Crippen molar-refractivity contribution in [3.8, 4) is 0 Å². The third kappa shape index (κ3) is 5.42. The summed E-state index contributed by atoms with van der Waals surface area (Å²) >= 11 is 4.83. The van der Waals surface area contributed by atoms with Gasteiger partial charge >= 0.3 is 0 Å². The molecule has 0 saturated carbocycles. The van der Waals surface area contributed by atoms with Crippen molar-refractivity contribution in [3.05, 3.63) is 50.9 Å². The highest BCUT2D eigenvalue weighted by Gasteiger charge is 2.04. The minimum absolute atomic E-state index is 0.0880. The first-order chi connectivity index (χ1) is 10.5. The van der Waals surface area contributed by atoms with Gasteiger partial charge in [-0.2, -0.15) is 0 Å². The van der Waals surface area contributed by atoms with Gasteiger partial charge in [0.15, 0.2) is 0 Å². The molecule has 5 nitrogen and oxygen atoms in total. The molecule has 0 aliphatic rings. The summed E-state index contributed by atoms with van der Waals surface area (Å²) in [5, 5.41) is 8.01. The van der Waals surface area contributed by atoms with Crippen LogP contribution in [0.15, 0.2) is 40.2 Å². The van der Waals surface area contributed by atoms with Gasteiger partial charge in [0.25, 0.3) is 0 Å². The van der Waals surface area contributed by atoms with Crippen molar-refractivity contribution in [2.45, 2.75) is 6.92 Å². The average molecular weight is 380 g/mol. The molecule has 2 aromatic rings. The first kappa shape index (κ1) is 16.4. The maximum Gasteiger partial charge on any atom is 0.244 e. The van der Waals surface area contributed by atoms with E-state index in [-0.39, 0.29) is 18.4 Å². The molecule has 114 valence electrons. The van der Waals surface area contributed by atoms with Gasteiger partial charge in [-0.3, -0.25) is 9.59 Å². The standard InChI is InChI=1S/C15H14BrN3O2S/c1-10-18-13(9-22-10)6-7-14(20)17-8-15(21)19-12-4-2-11(16)3-5-12/h2-7,9H,8H2,1H3,(H,17,20)(H,19,21)/b7-6+. The van der Waals surface area contributed by atoms with Gasteiger partial charge in [-0.05, 0) is 37.3 Å². The van der Waals surface area contributed by atoms with Crippen molar-refractivity contribution in [1.82, 2.24) is 10.3 Å². The third-order valence-corrected chi connectivity index (χ3v) is 3.91. The average Bonchev–Trinajstić information content (AvgIpc) is 2.91. The molecule has 0 saturated heterocycles. The second kappa shape index (κ2) is 7.86. The van der Waals surface area contributed by atoms with Crippen LogP contribution < -0.4 is 10.6 Å². The number of hydrogen-bond donors (Lipinski definition) is 2. The van der Waals surface area contributed by atoms with E-state index in [9.17, 15) is 9.59 Å². The number of halogens is 1. The van der Waals surface area contributed by atoms with Crippen LogP contribution in [0.3, 0.4) is 0 Å². The fourth-order valence-corrected chi connectivity index (χ4v) is 2.43. The fraction of sp³-hybridized carbons (Fsp3) is 0.133. The van der Waals surface area contributed by atoms with E-state index in [0.29, 0.717) is 5.69 Å².